The third-order valence-electron chi connectivity index (χ3n) is 7.00. The number of hydrogen-bond acceptors (Lipinski definition) is 9. The lowest BCUT2D eigenvalue weighted by molar-refractivity contribution is -0.148. The Hall–Kier alpha value is -2.46. The molecule has 4 rings (SSSR count). The minimum atomic E-state index is -4.11. The first-order valence-electron chi connectivity index (χ1n) is 12.4. The third kappa shape index (κ3) is 6.22. The number of ether oxygens (including phenoxy) is 2. The second-order valence-corrected chi connectivity index (χ2v) is 12.5. The Kier molecular flexibility index (Phi) is 9.46. The lowest BCUT2D eigenvalue weighted by Crippen LogP contribution is -2.55. The minimum absolute atomic E-state index is 0.0149. The van der Waals surface area contributed by atoms with Gasteiger partial charge >= 0.3 is 5.97 Å². The van der Waals surface area contributed by atoms with E-state index in [0.717, 1.165) is 10.0 Å². The van der Waals surface area contributed by atoms with Gasteiger partial charge in [0.05, 0.1) is 18.1 Å². The summed E-state index contributed by atoms with van der Waals surface area (Å²) in [5, 5.41) is 0. The normalized spacial score (nSPS) is 19.1. The zero-order valence-corrected chi connectivity index (χ0v) is 23.7. The van der Waals surface area contributed by atoms with Crippen molar-refractivity contribution in [1.82, 2.24) is 9.80 Å². The molecule has 2 aromatic rings. The Labute approximate surface area is 232 Å². The summed E-state index contributed by atoms with van der Waals surface area (Å²) in [4.78, 5) is 21.6. The molecular weight excluding hydrogens is 574 g/mol. The maximum atomic E-state index is 13.8. The molecular formula is C27H32BrN3O6S. The summed E-state index contributed by atoms with van der Waals surface area (Å²) in [6.07, 6.45) is -0.323. The summed E-state index contributed by atoms with van der Waals surface area (Å²) in [5.74, 6) is 10.7. The van der Waals surface area contributed by atoms with Crippen LogP contribution < -0.4 is 10.6 Å². The first-order valence-corrected chi connectivity index (χ1v) is 14.7. The number of sulfone groups is 1. The van der Waals surface area contributed by atoms with Gasteiger partial charge in [0.25, 0.3) is 0 Å². The van der Waals surface area contributed by atoms with Crippen LogP contribution in [0.3, 0.4) is 0 Å². The van der Waals surface area contributed by atoms with Crippen LogP contribution in [0.4, 0.5) is 0 Å². The first-order chi connectivity index (χ1) is 18.3. The average molecular weight is 607 g/mol. The maximum absolute atomic E-state index is 13.8. The van der Waals surface area contributed by atoms with E-state index in [9.17, 15) is 13.2 Å². The van der Waals surface area contributed by atoms with Gasteiger partial charge in [-0.2, -0.15) is 5.90 Å². The third-order valence-corrected chi connectivity index (χ3v) is 10.0. The van der Waals surface area contributed by atoms with E-state index < -0.39 is 26.8 Å². The number of morpholine rings is 1. The highest BCUT2D eigenvalue weighted by Crippen LogP contribution is 2.37. The number of halogens is 1. The lowest BCUT2D eigenvalue weighted by Gasteiger charge is -2.38. The SMILES string of the molecule is CC#CC(Oc1ccc(S(=O)(=O)C2(C(=O)ON)CCN(Cc3ccc(Br)cc3)CC2)cc1)N1CCOCC1. The molecule has 2 heterocycles. The highest BCUT2D eigenvalue weighted by Gasteiger charge is 2.54. The van der Waals surface area contributed by atoms with Gasteiger partial charge in [0.15, 0.2) is 14.6 Å². The summed E-state index contributed by atoms with van der Waals surface area (Å²) in [6, 6.07) is 14.0. The van der Waals surface area contributed by atoms with Crippen molar-refractivity contribution < 1.29 is 27.5 Å². The van der Waals surface area contributed by atoms with E-state index in [4.69, 9.17) is 15.4 Å². The van der Waals surface area contributed by atoms with Crippen LogP contribution >= 0.6 is 15.9 Å². The molecule has 0 amide bonds. The molecule has 11 heteroatoms. The molecule has 2 aliphatic heterocycles. The van der Waals surface area contributed by atoms with Crippen LogP contribution in [0, 0.1) is 11.8 Å². The highest BCUT2D eigenvalue weighted by molar-refractivity contribution is 9.10. The van der Waals surface area contributed by atoms with Crippen molar-refractivity contribution in [3.8, 4) is 17.6 Å². The van der Waals surface area contributed by atoms with Crippen LogP contribution in [0.15, 0.2) is 57.9 Å². The number of benzene rings is 2. The summed E-state index contributed by atoms with van der Waals surface area (Å²) in [6.45, 7) is 5.78. The van der Waals surface area contributed by atoms with Crippen molar-refractivity contribution >= 4 is 31.7 Å². The van der Waals surface area contributed by atoms with E-state index in [2.05, 4.69) is 42.4 Å². The van der Waals surface area contributed by atoms with Crippen molar-refractivity contribution in [2.75, 3.05) is 39.4 Å². The molecule has 0 radical (unpaired) electrons. The number of nitrogens with zero attached hydrogens (tertiary/aromatic N) is 2. The first kappa shape index (κ1) is 28.5. The van der Waals surface area contributed by atoms with Gasteiger partial charge in [-0.25, -0.2) is 13.2 Å². The number of carbonyl (C=O) groups is 1. The summed E-state index contributed by atoms with van der Waals surface area (Å²) < 4.78 is 38.4. The fraction of sp³-hybridized carbons (Fsp3) is 0.444. The molecule has 204 valence electrons. The quantitative estimate of drug-likeness (QED) is 0.358. The molecule has 0 spiro atoms. The molecule has 2 fully saturated rings. The van der Waals surface area contributed by atoms with Crippen molar-refractivity contribution in [2.24, 2.45) is 5.90 Å². The summed E-state index contributed by atoms with van der Waals surface area (Å²) in [7, 11) is -4.11. The van der Waals surface area contributed by atoms with Gasteiger partial charge in [-0.3, -0.25) is 9.80 Å². The molecule has 0 bridgehead atoms. The Morgan fingerprint density at radius 3 is 2.29 bits per heavy atom. The fourth-order valence-corrected chi connectivity index (χ4v) is 6.99. The topological polar surface area (TPSA) is 111 Å². The van der Waals surface area contributed by atoms with E-state index >= 15 is 0 Å². The van der Waals surface area contributed by atoms with Crippen LogP contribution in [0.1, 0.15) is 25.3 Å². The summed E-state index contributed by atoms with van der Waals surface area (Å²) >= 11 is 3.43. The molecule has 2 N–H and O–H groups in total. The van der Waals surface area contributed by atoms with Gasteiger partial charge in [0.1, 0.15) is 5.75 Å². The Morgan fingerprint density at radius 2 is 1.71 bits per heavy atom. The molecule has 9 nitrogen and oxygen atoms in total. The maximum Gasteiger partial charge on any atom is 0.346 e. The van der Waals surface area contributed by atoms with Gasteiger partial charge in [0, 0.05) is 37.2 Å². The Balaban J connectivity index is 1.49. The molecule has 0 aliphatic carbocycles. The monoisotopic (exact) mass is 605 g/mol. The van der Waals surface area contributed by atoms with Gasteiger partial charge in [-0.05, 0) is 67.6 Å². The molecule has 0 aromatic heterocycles. The highest BCUT2D eigenvalue weighted by atomic mass is 79.9. The molecule has 0 saturated carbocycles. The lowest BCUT2D eigenvalue weighted by atomic mass is 9.95. The largest absolute Gasteiger partial charge is 0.464 e. The fourth-order valence-electron chi connectivity index (χ4n) is 4.79. The van der Waals surface area contributed by atoms with Gasteiger partial charge in [-0.1, -0.05) is 28.1 Å². The molecule has 2 aliphatic rings. The van der Waals surface area contributed by atoms with Crippen LogP contribution in [0.2, 0.25) is 0 Å². The molecule has 1 atom stereocenters. The second-order valence-electron chi connectivity index (χ2n) is 9.29. The van der Waals surface area contributed by atoms with Crippen molar-refractivity contribution in [3.05, 3.63) is 58.6 Å². The zero-order valence-electron chi connectivity index (χ0n) is 21.3. The zero-order chi connectivity index (χ0) is 27.2. The summed E-state index contributed by atoms with van der Waals surface area (Å²) in [5.41, 5.74) is 1.10. The predicted octanol–water partition coefficient (Wildman–Crippen LogP) is 2.73. The number of carbonyl (C=O) groups excluding carboxylic acids is 1. The van der Waals surface area contributed by atoms with Crippen LogP contribution in [-0.4, -0.2) is 74.6 Å². The molecule has 38 heavy (non-hydrogen) atoms. The standard InChI is InChI=1S/C27H32BrN3O6S/c1-2-3-25(31-16-18-35-19-17-31)36-23-8-10-24(11-9-23)38(33,34)27(26(32)37-29)12-14-30(15-13-27)20-21-4-6-22(28)7-5-21/h4-11,25H,12-20,29H2,1H3. The van der Waals surface area contributed by atoms with Crippen molar-refractivity contribution in [3.63, 3.8) is 0 Å². The number of nitrogens with two attached hydrogens (primary N) is 1. The smallest absolute Gasteiger partial charge is 0.346 e. The van der Waals surface area contributed by atoms with E-state index in [1.165, 1.54) is 12.1 Å². The predicted molar refractivity (Wildman–Crippen MR) is 146 cm³/mol. The van der Waals surface area contributed by atoms with E-state index in [1.807, 2.05) is 24.3 Å². The minimum Gasteiger partial charge on any atom is -0.464 e. The number of piperidine rings is 1. The number of likely N-dealkylation sites (tertiary alicyclic amines) is 1. The van der Waals surface area contributed by atoms with Crippen molar-refractivity contribution in [1.29, 1.82) is 0 Å². The average Bonchev–Trinajstić information content (AvgIpc) is 2.95. The molecule has 2 aromatic carbocycles. The van der Waals surface area contributed by atoms with Gasteiger partial charge < -0.3 is 14.3 Å². The van der Waals surface area contributed by atoms with Crippen LogP contribution in [0.25, 0.3) is 0 Å². The number of hydrogen-bond donors (Lipinski definition) is 1. The van der Waals surface area contributed by atoms with E-state index in [-0.39, 0.29) is 17.7 Å². The second kappa shape index (κ2) is 12.6. The molecule has 1 unspecified atom stereocenters. The Bertz CT molecular complexity index is 1260. The van der Waals surface area contributed by atoms with Crippen LogP contribution in [0.5, 0.6) is 5.75 Å². The molecule has 2 saturated heterocycles. The number of rotatable bonds is 8. The van der Waals surface area contributed by atoms with Gasteiger partial charge in [-0.15, -0.1) is 5.92 Å². The Morgan fingerprint density at radius 1 is 1.08 bits per heavy atom. The van der Waals surface area contributed by atoms with Crippen molar-refractivity contribution in [2.45, 2.75) is 42.2 Å². The van der Waals surface area contributed by atoms with Gasteiger partial charge in [0.2, 0.25) is 6.23 Å². The van der Waals surface area contributed by atoms with E-state index in [0.29, 0.717) is 51.7 Å². The van der Waals surface area contributed by atoms with E-state index in [1.54, 1.807) is 19.1 Å². The van der Waals surface area contributed by atoms with Crippen LogP contribution in [-0.2, 0) is 30.8 Å².